The molecule has 1 fully saturated rings. The summed E-state index contributed by atoms with van der Waals surface area (Å²) in [5, 5.41) is 6.46. The van der Waals surface area contributed by atoms with Crippen molar-refractivity contribution in [2.24, 2.45) is 5.10 Å². The fourth-order valence-corrected chi connectivity index (χ4v) is 1.84. The van der Waals surface area contributed by atoms with Crippen molar-refractivity contribution in [1.82, 2.24) is 15.7 Å². The first-order valence-electron chi connectivity index (χ1n) is 6.28. The maximum absolute atomic E-state index is 11.5. The van der Waals surface area contributed by atoms with Gasteiger partial charge in [0, 0.05) is 24.7 Å². The van der Waals surface area contributed by atoms with Crippen LogP contribution >= 0.6 is 0 Å². The summed E-state index contributed by atoms with van der Waals surface area (Å²) in [6, 6.07) is 3.59. The Morgan fingerprint density at radius 1 is 1.26 bits per heavy atom. The van der Waals surface area contributed by atoms with Crippen LogP contribution in [0.3, 0.4) is 0 Å². The van der Waals surface area contributed by atoms with E-state index in [9.17, 15) is 9.59 Å². The quantitative estimate of drug-likeness (QED) is 0.621. The Morgan fingerprint density at radius 3 is 2.74 bits per heavy atom. The number of aromatic nitrogens is 1. The van der Waals surface area contributed by atoms with Gasteiger partial charge in [-0.2, -0.15) is 5.10 Å². The molecule has 0 unspecified atom stereocenters. The smallest absolute Gasteiger partial charge is 0.329 e. The lowest BCUT2D eigenvalue weighted by atomic mass is 10.3. The van der Waals surface area contributed by atoms with Gasteiger partial charge in [0.2, 0.25) is 0 Å². The third kappa shape index (κ3) is 4.17. The van der Waals surface area contributed by atoms with Gasteiger partial charge in [-0.25, -0.2) is 5.43 Å². The number of rotatable bonds is 3. The molecule has 0 radical (unpaired) electrons. The maximum Gasteiger partial charge on any atom is 0.329 e. The Morgan fingerprint density at radius 2 is 2.05 bits per heavy atom. The van der Waals surface area contributed by atoms with Gasteiger partial charge in [-0.05, 0) is 37.3 Å². The topological polar surface area (TPSA) is 83.5 Å². The SMILES string of the molecule is O=C(NCc1cccnc1)C(=O)NN=C1CCCC1. The molecule has 6 heteroatoms. The molecule has 1 aromatic heterocycles. The Bertz CT molecular complexity index is 477. The number of pyridine rings is 1. The van der Waals surface area contributed by atoms with Crippen LogP contribution in [-0.4, -0.2) is 22.5 Å². The number of amides is 2. The zero-order valence-electron chi connectivity index (χ0n) is 10.6. The van der Waals surface area contributed by atoms with E-state index in [1.807, 2.05) is 6.07 Å². The fraction of sp³-hybridized carbons (Fsp3) is 0.385. The van der Waals surface area contributed by atoms with Crippen molar-refractivity contribution in [2.75, 3.05) is 0 Å². The van der Waals surface area contributed by atoms with E-state index in [2.05, 4.69) is 20.8 Å². The van der Waals surface area contributed by atoms with Crippen LogP contribution in [0.25, 0.3) is 0 Å². The largest absolute Gasteiger partial charge is 0.344 e. The molecular formula is C13H16N4O2. The molecule has 1 aliphatic carbocycles. The first-order chi connectivity index (χ1) is 9.25. The monoisotopic (exact) mass is 260 g/mol. The number of hydrogen-bond donors (Lipinski definition) is 2. The molecule has 19 heavy (non-hydrogen) atoms. The minimum absolute atomic E-state index is 0.274. The summed E-state index contributed by atoms with van der Waals surface area (Å²) in [4.78, 5) is 26.9. The van der Waals surface area contributed by atoms with Crippen LogP contribution in [0.1, 0.15) is 31.2 Å². The van der Waals surface area contributed by atoms with E-state index in [0.29, 0.717) is 0 Å². The zero-order valence-corrected chi connectivity index (χ0v) is 10.6. The highest BCUT2D eigenvalue weighted by Crippen LogP contribution is 2.13. The second-order valence-electron chi connectivity index (χ2n) is 4.37. The van der Waals surface area contributed by atoms with Crippen molar-refractivity contribution in [1.29, 1.82) is 0 Å². The Kier molecular flexibility index (Phi) is 4.60. The molecule has 0 aromatic carbocycles. The summed E-state index contributed by atoms with van der Waals surface area (Å²) in [7, 11) is 0. The molecule has 1 aromatic rings. The lowest BCUT2D eigenvalue weighted by Crippen LogP contribution is -2.37. The summed E-state index contributed by atoms with van der Waals surface area (Å²) in [6.07, 6.45) is 7.28. The first-order valence-corrected chi connectivity index (χ1v) is 6.28. The van der Waals surface area contributed by atoms with Crippen LogP contribution in [0.15, 0.2) is 29.6 Å². The molecule has 0 aliphatic heterocycles. The second kappa shape index (κ2) is 6.63. The molecule has 100 valence electrons. The standard InChI is InChI=1S/C13H16N4O2/c18-12(15-9-10-4-3-7-14-8-10)13(19)17-16-11-5-1-2-6-11/h3-4,7-8H,1-2,5-6,9H2,(H,15,18)(H,17,19). The van der Waals surface area contributed by atoms with Crippen molar-refractivity contribution in [3.05, 3.63) is 30.1 Å². The van der Waals surface area contributed by atoms with E-state index in [0.717, 1.165) is 37.0 Å². The van der Waals surface area contributed by atoms with Crippen molar-refractivity contribution < 1.29 is 9.59 Å². The van der Waals surface area contributed by atoms with E-state index < -0.39 is 11.8 Å². The summed E-state index contributed by atoms with van der Waals surface area (Å²) in [6.45, 7) is 0.274. The molecule has 1 aliphatic rings. The number of carbonyl (C=O) groups is 2. The van der Waals surface area contributed by atoms with Crippen LogP contribution < -0.4 is 10.7 Å². The van der Waals surface area contributed by atoms with Crippen LogP contribution in [0, 0.1) is 0 Å². The average molecular weight is 260 g/mol. The van der Waals surface area contributed by atoms with Gasteiger partial charge in [-0.15, -0.1) is 0 Å². The van der Waals surface area contributed by atoms with E-state index in [4.69, 9.17) is 0 Å². The normalized spacial score (nSPS) is 14.0. The molecular weight excluding hydrogens is 244 g/mol. The summed E-state index contributed by atoms with van der Waals surface area (Å²) in [5.74, 6) is -1.42. The molecule has 6 nitrogen and oxygen atoms in total. The fourth-order valence-electron chi connectivity index (χ4n) is 1.84. The number of nitrogens with zero attached hydrogens (tertiary/aromatic N) is 2. The van der Waals surface area contributed by atoms with Crippen LogP contribution in [-0.2, 0) is 16.1 Å². The molecule has 1 heterocycles. The molecule has 0 atom stereocenters. The lowest BCUT2D eigenvalue weighted by Gasteiger charge is -2.04. The van der Waals surface area contributed by atoms with Gasteiger partial charge in [0.25, 0.3) is 0 Å². The van der Waals surface area contributed by atoms with Crippen molar-refractivity contribution in [2.45, 2.75) is 32.2 Å². The van der Waals surface area contributed by atoms with E-state index in [-0.39, 0.29) is 6.54 Å². The van der Waals surface area contributed by atoms with Crippen LogP contribution in [0.4, 0.5) is 0 Å². The van der Waals surface area contributed by atoms with Gasteiger partial charge >= 0.3 is 11.8 Å². The van der Waals surface area contributed by atoms with Gasteiger partial charge in [0.1, 0.15) is 0 Å². The highest BCUT2D eigenvalue weighted by atomic mass is 16.2. The second-order valence-corrected chi connectivity index (χ2v) is 4.37. The van der Waals surface area contributed by atoms with Crippen molar-refractivity contribution in [3.63, 3.8) is 0 Å². The minimum Gasteiger partial charge on any atom is -0.344 e. The molecule has 0 spiro atoms. The van der Waals surface area contributed by atoms with Crippen molar-refractivity contribution >= 4 is 17.5 Å². The number of nitrogens with one attached hydrogen (secondary N) is 2. The van der Waals surface area contributed by atoms with Gasteiger partial charge in [0.15, 0.2) is 0 Å². The highest BCUT2D eigenvalue weighted by Gasteiger charge is 2.14. The maximum atomic E-state index is 11.5. The number of hydrogen-bond acceptors (Lipinski definition) is 4. The molecule has 2 rings (SSSR count). The van der Waals surface area contributed by atoms with E-state index >= 15 is 0 Å². The van der Waals surface area contributed by atoms with Crippen LogP contribution in [0.2, 0.25) is 0 Å². The van der Waals surface area contributed by atoms with Gasteiger partial charge in [-0.1, -0.05) is 6.07 Å². The van der Waals surface area contributed by atoms with Crippen LogP contribution in [0.5, 0.6) is 0 Å². The van der Waals surface area contributed by atoms with Crippen molar-refractivity contribution in [3.8, 4) is 0 Å². The lowest BCUT2D eigenvalue weighted by molar-refractivity contribution is -0.139. The third-order valence-corrected chi connectivity index (χ3v) is 2.88. The molecule has 2 N–H and O–H groups in total. The summed E-state index contributed by atoms with van der Waals surface area (Å²) >= 11 is 0. The van der Waals surface area contributed by atoms with E-state index in [1.165, 1.54) is 0 Å². The van der Waals surface area contributed by atoms with E-state index in [1.54, 1.807) is 18.5 Å². The third-order valence-electron chi connectivity index (χ3n) is 2.88. The first kappa shape index (κ1) is 13.2. The number of carbonyl (C=O) groups excluding carboxylic acids is 2. The van der Waals surface area contributed by atoms with Gasteiger partial charge in [0.05, 0.1) is 0 Å². The predicted molar refractivity (Wildman–Crippen MR) is 70.1 cm³/mol. The zero-order chi connectivity index (χ0) is 13.5. The Balaban J connectivity index is 1.76. The molecule has 2 amide bonds. The summed E-state index contributed by atoms with van der Waals surface area (Å²) < 4.78 is 0. The number of hydrazone groups is 1. The Hall–Kier alpha value is -2.24. The molecule has 1 saturated carbocycles. The predicted octanol–water partition coefficient (Wildman–Crippen LogP) is 0.744. The van der Waals surface area contributed by atoms with Gasteiger partial charge < -0.3 is 5.32 Å². The van der Waals surface area contributed by atoms with Gasteiger partial charge in [-0.3, -0.25) is 14.6 Å². The summed E-state index contributed by atoms with van der Waals surface area (Å²) in [5.41, 5.74) is 4.07. The molecule has 0 bridgehead atoms. The minimum atomic E-state index is -0.733. The average Bonchev–Trinajstić information content (AvgIpc) is 2.96. The highest BCUT2D eigenvalue weighted by molar-refractivity contribution is 6.35. The molecule has 0 saturated heterocycles. The Labute approximate surface area is 111 Å².